The molecule has 0 amide bonds. The molecule has 3 heteroatoms. The van der Waals surface area contributed by atoms with Gasteiger partial charge in [0.1, 0.15) is 0 Å². The molecule has 0 bridgehead atoms. The van der Waals surface area contributed by atoms with Crippen molar-refractivity contribution in [3.63, 3.8) is 0 Å². The minimum atomic E-state index is 0.0812. The molecule has 82 valence electrons. The summed E-state index contributed by atoms with van der Waals surface area (Å²) in [7, 11) is 2.22. The second-order valence-corrected chi connectivity index (χ2v) is 4.38. The average molecular weight is 199 g/mol. The topological polar surface area (TPSA) is 21.7 Å². The maximum Gasteiger partial charge on any atom is 0.157 e. The van der Waals surface area contributed by atoms with Crippen LogP contribution >= 0.6 is 0 Å². The van der Waals surface area contributed by atoms with Crippen LogP contribution in [-0.2, 0) is 9.47 Å². The van der Waals surface area contributed by atoms with Gasteiger partial charge in [-0.25, -0.2) is 0 Å². The van der Waals surface area contributed by atoms with Crippen LogP contribution in [0.3, 0.4) is 0 Å². The molecule has 0 aromatic heterocycles. The largest absolute Gasteiger partial charge is 0.353 e. The normalized spacial score (nSPS) is 31.1. The van der Waals surface area contributed by atoms with Crippen LogP contribution in [0.15, 0.2) is 0 Å². The Bertz CT molecular complexity index is 169. The lowest BCUT2D eigenvalue weighted by Crippen LogP contribution is -2.29. The molecular formula is C11H21NO2. The van der Waals surface area contributed by atoms with Gasteiger partial charge in [0.15, 0.2) is 6.29 Å². The Labute approximate surface area is 86.4 Å². The van der Waals surface area contributed by atoms with Crippen molar-refractivity contribution in [1.29, 1.82) is 0 Å². The van der Waals surface area contributed by atoms with Crippen molar-refractivity contribution in [2.24, 2.45) is 0 Å². The van der Waals surface area contributed by atoms with Gasteiger partial charge in [0, 0.05) is 6.04 Å². The maximum atomic E-state index is 5.53. The molecule has 0 radical (unpaired) electrons. The summed E-state index contributed by atoms with van der Waals surface area (Å²) in [4.78, 5) is 2.46. The van der Waals surface area contributed by atoms with E-state index in [1.54, 1.807) is 0 Å². The molecule has 2 rings (SSSR count). The number of rotatable bonds is 3. The number of likely N-dealkylation sites (tertiary alicyclic amines) is 1. The van der Waals surface area contributed by atoms with Gasteiger partial charge in [0.05, 0.1) is 13.2 Å². The summed E-state index contributed by atoms with van der Waals surface area (Å²) in [5, 5.41) is 0. The second-order valence-electron chi connectivity index (χ2n) is 4.38. The van der Waals surface area contributed by atoms with Crippen LogP contribution in [0.5, 0.6) is 0 Å². The first kappa shape index (κ1) is 10.4. The molecule has 0 spiro atoms. The molecule has 0 unspecified atom stereocenters. The molecule has 2 heterocycles. The van der Waals surface area contributed by atoms with Gasteiger partial charge in [0.2, 0.25) is 0 Å². The summed E-state index contributed by atoms with van der Waals surface area (Å²) in [6, 6.07) is 0.768. The van der Waals surface area contributed by atoms with Crippen LogP contribution in [0.1, 0.15) is 32.1 Å². The number of ether oxygens (including phenoxy) is 2. The van der Waals surface area contributed by atoms with E-state index in [1.807, 2.05) is 0 Å². The van der Waals surface area contributed by atoms with E-state index in [0.29, 0.717) is 0 Å². The monoisotopic (exact) mass is 199 g/mol. The van der Waals surface area contributed by atoms with Gasteiger partial charge in [0.25, 0.3) is 0 Å². The van der Waals surface area contributed by atoms with Crippen molar-refractivity contribution < 1.29 is 9.47 Å². The lowest BCUT2D eigenvalue weighted by Gasteiger charge is -2.26. The van der Waals surface area contributed by atoms with E-state index in [4.69, 9.17) is 9.47 Å². The zero-order chi connectivity index (χ0) is 9.80. The Morgan fingerprint density at radius 1 is 1.14 bits per heavy atom. The minimum Gasteiger partial charge on any atom is -0.353 e. The Morgan fingerprint density at radius 2 is 1.93 bits per heavy atom. The molecular weight excluding hydrogens is 178 g/mol. The SMILES string of the molecule is CN1CCC[C@H]1CCC1OCCCO1. The first-order valence-electron chi connectivity index (χ1n) is 5.80. The van der Waals surface area contributed by atoms with Crippen LogP contribution in [0, 0.1) is 0 Å². The van der Waals surface area contributed by atoms with Crippen LogP contribution in [-0.4, -0.2) is 44.0 Å². The molecule has 1 atom stereocenters. The Balaban J connectivity index is 1.65. The molecule has 0 aliphatic carbocycles. The van der Waals surface area contributed by atoms with E-state index in [9.17, 15) is 0 Å². The lowest BCUT2D eigenvalue weighted by molar-refractivity contribution is -0.182. The summed E-state index contributed by atoms with van der Waals surface area (Å²) in [6.07, 6.45) is 6.13. The predicted molar refractivity (Wildman–Crippen MR) is 55.2 cm³/mol. The minimum absolute atomic E-state index is 0.0812. The third-order valence-electron chi connectivity index (χ3n) is 3.30. The van der Waals surface area contributed by atoms with Crippen LogP contribution in [0.2, 0.25) is 0 Å². The van der Waals surface area contributed by atoms with Crippen molar-refractivity contribution >= 4 is 0 Å². The van der Waals surface area contributed by atoms with E-state index < -0.39 is 0 Å². The van der Waals surface area contributed by atoms with Gasteiger partial charge in [-0.3, -0.25) is 0 Å². The molecule has 14 heavy (non-hydrogen) atoms. The Morgan fingerprint density at radius 3 is 2.57 bits per heavy atom. The summed E-state index contributed by atoms with van der Waals surface area (Å²) >= 11 is 0. The molecule has 2 aliphatic rings. The number of hydrogen-bond donors (Lipinski definition) is 0. The Hall–Kier alpha value is -0.120. The highest BCUT2D eigenvalue weighted by atomic mass is 16.7. The zero-order valence-electron chi connectivity index (χ0n) is 9.08. The van der Waals surface area contributed by atoms with Crippen LogP contribution in [0.4, 0.5) is 0 Å². The quantitative estimate of drug-likeness (QED) is 0.689. The molecule has 0 aromatic rings. The highest BCUT2D eigenvalue weighted by Gasteiger charge is 2.23. The van der Waals surface area contributed by atoms with Crippen LogP contribution < -0.4 is 0 Å². The van der Waals surface area contributed by atoms with Gasteiger partial charge < -0.3 is 14.4 Å². The fourth-order valence-corrected chi connectivity index (χ4v) is 2.38. The Kier molecular flexibility index (Phi) is 3.79. The summed E-state index contributed by atoms with van der Waals surface area (Å²) < 4.78 is 11.1. The highest BCUT2D eigenvalue weighted by Crippen LogP contribution is 2.21. The van der Waals surface area contributed by atoms with Gasteiger partial charge in [-0.15, -0.1) is 0 Å². The van der Waals surface area contributed by atoms with Crippen molar-refractivity contribution in [2.75, 3.05) is 26.8 Å². The van der Waals surface area contributed by atoms with Gasteiger partial charge in [-0.2, -0.15) is 0 Å². The van der Waals surface area contributed by atoms with Gasteiger partial charge in [-0.05, 0) is 45.7 Å². The molecule has 0 saturated carbocycles. The molecule has 3 nitrogen and oxygen atoms in total. The summed E-state index contributed by atoms with van der Waals surface area (Å²) in [5.74, 6) is 0. The van der Waals surface area contributed by atoms with Crippen molar-refractivity contribution in [1.82, 2.24) is 4.90 Å². The summed E-state index contributed by atoms with van der Waals surface area (Å²) in [5.41, 5.74) is 0. The number of hydrogen-bond acceptors (Lipinski definition) is 3. The molecule has 2 aliphatic heterocycles. The van der Waals surface area contributed by atoms with E-state index in [2.05, 4.69) is 11.9 Å². The van der Waals surface area contributed by atoms with Crippen LogP contribution in [0.25, 0.3) is 0 Å². The average Bonchev–Trinajstić information content (AvgIpc) is 2.63. The molecule has 0 N–H and O–H groups in total. The molecule has 2 saturated heterocycles. The van der Waals surface area contributed by atoms with Gasteiger partial charge in [-0.1, -0.05) is 0 Å². The van der Waals surface area contributed by atoms with E-state index >= 15 is 0 Å². The molecule has 2 fully saturated rings. The van der Waals surface area contributed by atoms with E-state index in [-0.39, 0.29) is 6.29 Å². The van der Waals surface area contributed by atoms with Crippen molar-refractivity contribution in [3.05, 3.63) is 0 Å². The first-order chi connectivity index (χ1) is 6.86. The van der Waals surface area contributed by atoms with E-state index in [0.717, 1.165) is 32.1 Å². The third kappa shape index (κ3) is 2.69. The highest BCUT2D eigenvalue weighted by molar-refractivity contribution is 4.76. The van der Waals surface area contributed by atoms with Gasteiger partial charge >= 0.3 is 0 Å². The maximum absolute atomic E-state index is 5.53. The smallest absolute Gasteiger partial charge is 0.157 e. The standard InChI is InChI=1S/C11H21NO2/c1-12-7-2-4-10(12)5-6-11-13-8-3-9-14-11/h10-11H,2-9H2,1H3/t10-/m0/s1. The lowest BCUT2D eigenvalue weighted by atomic mass is 10.1. The van der Waals surface area contributed by atoms with Crippen molar-refractivity contribution in [3.8, 4) is 0 Å². The predicted octanol–water partition coefficient (Wildman–Crippen LogP) is 1.62. The first-order valence-corrected chi connectivity index (χ1v) is 5.80. The fraction of sp³-hybridized carbons (Fsp3) is 1.00. The van der Waals surface area contributed by atoms with Crippen molar-refractivity contribution in [2.45, 2.75) is 44.4 Å². The second kappa shape index (κ2) is 5.10. The van der Waals surface area contributed by atoms with E-state index in [1.165, 1.54) is 25.8 Å². The zero-order valence-corrected chi connectivity index (χ0v) is 9.08. The summed E-state index contributed by atoms with van der Waals surface area (Å²) in [6.45, 7) is 3.02. The molecule has 0 aromatic carbocycles. The fourth-order valence-electron chi connectivity index (χ4n) is 2.38. The number of nitrogens with zero attached hydrogens (tertiary/aromatic N) is 1. The third-order valence-corrected chi connectivity index (χ3v) is 3.30.